The van der Waals surface area contributed by atoms with E-state index in [1.165, 1.54) is 0 Å². The summed E-state index contributed by atoms with van der Waals surface area (Å²) < 4.78 is 39.6. The molecule has 0 saturated heterocycles. The van der Waals surface area contributed by atoms with Crippen molar-refractivity contribution >= 4 is 0 Å². The zero-order valence-electron chi connectivity index (χ0n) is 8.56. The van der Waals surface area contributed by atoms with E-state index in [1.54, 1.807) is 0 Å². The average molecular weight is 228 g/mol. The molecule has 2 bridgehead atoms. The summed E-state index contributed by atoms with van der Waals surface area (Å²) >= 11 is 0. The van der Waals surface area contributed by atoms with Gasteiger partial charge in [-0.25, -0.2) is 13.2 Å². The standard InChI is InChI=1S/C12H11F3O/c13-7-1-8(10(15)9(14)2-7)12-3-11(4-12,5-12)6-16/h1-2,16H,3-6H2. The van der Waals surface area contributed by atoms with Gasteiger partial charge in [-0.3, -0.25) is 0 Å². The SMILES string of the molecule is OCC12CC(c3cc(F)cc(F)c3F)(C1)C2. The second-order valence-corrected chi connectivity index (χ2v) is 5.22. The van der Waals surface area contributed by atoms with Gasteiger partial charge in [0, 0.05) is 23.7 Å². The van der Waals surface area contributed by atoms with Crippen LogP contribution in [0.1, 0.15) is 24.8 Å². The molecule has 4 rings (SSSR count). The Bertz CT molecular complexity index is 450. The first-order chi connectivity index (χ1) is 7.50. The van der Waals surface area contributed by atoms with E-state index in [-0.39, 0.29) is 17.6 Å². The third-order valence-electron chi connectivity index (χ3n) is 4.04. The minimum Gasteiger partial charge on any atom is -0.396 e. The van der Waals surface area contributed by atoms with Gasteiger partial charge < -0.3 is 5.11 Å². The highest BCUT2D eigenvalue weighted by atomic mass is 19.2. The van der Waals surface area contributed by atoms with Gasteiger partial charge in [-0.15, -0.1) is 0 Å². The highest BCUT2D eigenvalue weighted by molar-refractivity contribution is 5.40. The summed E-state index contributed by atoms with van der Waals surface area (Å²) in [7, 11) is 0. The molecule has 3 aliphatic rings. The monoisotopic (exact) mass is 228 g/mol. The number of rotatable bonds is 2. The molecule has 0 atom stereocenters. The van der Waals surface area contributed by atoms with Crippen LogP contribution in [0.5, 0.6) is 0 Å². The Kier molecular flexibility index (Phi) is 1.78. The molecule has 0 unspecified atom stereocenters. The summed E-state index contributed by atoms with van der Waals surface area (Å²) in [5.41, 5.74) is -0.384. The van der Waals surface area contributed by atoms with Gasteiger partial charge in [0.2, 0.25) is 0 Å². The zero-order chi connectivity index (χ0) is 11.6. The first-order valence-electron chi connectivity index (χ1n) is 5.26. The predicted octanol–water partition coefficient (Wildman–Crippen LogP) is 2.52. The van der Waals surface area contributed by atoms with Crippen LogP contribution in [0.25, 0.3) is 0 Å². The molecule has 1 nitrogen and oxygen atoms in total. The van der Waals surface area contributed by atoms with Crippen LogP contribution in [0.3, 0.4) is 0 Å². The molecular weight excluding hydrogens is 217 g/mol. The maximum absolute atomic E-state index is 13.5. The lowest BCUT2D eigenvalue weighted by molar-refractivity contribution is -0.169. The van der Waals surface area contributed by atoms with E-state index in [9.17, 15) is 13.2 Å². The summed E-state index contributed by atoms with van der Waals surface area (Å²) in [5, 5.41) is 9.08. The maximum atomic E-state index is 13.5. The van der Waals surface area contributed by atoms with E-state index >= 15 is 0 Å². The van der Waals surface area contributed by atoms with Crippen LogP contribution in [-0.4, -0.2) is 11.7 Å². The molecule has 0 heterocycles. The molecule has 16 heavy (non-hydrogen) atoms. The fraction of sp³-hybridized carbons (Fsp3) is 0.500. The Morgan fingerprint density at radius 3 is 2.31 bits per heavy atom. The molecule has 1 aromatic rings. The van der Waals surface area contributed by atoms with Crippen molar-refractivity contribution in [3.63, 3.8) is 0 Å². The van der Waals surface area contributed by atoms with Crippen LogP contribution in [0.4, 0.5) is 13.2 Å². The van der Waals surface area contributed by atoms with Crippen LogP contribution in [0.15, 0.2) is 12.1 Å². The molecule has 0 amide bonds. The fourth-order valence-corrected chi connectivity index (χ4v) is 3.39. The predicted molar refractivity (Wildman–Crippen MR) is 51.4 cm³/mol. The van der Waals surface area contributed by atoms with Gasteiger partial charge >= 0.3 is 0 Å². The van der Waals surface area contributed by atoms with Gasteiger partial charge in [0.25, 0.3) is 0 Å². The van der Waals surface area contributed by atoms with Crippen molar-refractivity contribution in [2.45, 2.75) is 24.7 Å². The third kappa shape index (κ3) is 1.05. The van der Waals surface area contributed by atoms with Gasteiger partial charge in [-0.2, -0.15) is 0 Å². The van der Waals surface area contributed by atoms with Crippen molar-refractivity contribution in [3.8, 4) is 0 Å². The number of hydrogen-bond acceptors (Lipinski definition) is 1. The number of halogens is 3. The fourth-order valence-electron chi connectivity index (χ4n) is 3.39. The molecule has 0 radical (unpaired) electrons. The second-order valence-electron chi connectivity index (χ2n) is 5.22. The van der Waals surface area contributed by atoms with E-state index in [0.717, 1.165) is 6.07 Å². The molecule has 1 aromatic carbocycles. The van der Waals surface area contributed by atoms with Crippen molar-refractivity contribution in [2.75, 3.05) is 6.61 Å². The number of aliphatic hydroxyl groups excluding tert-OH is 1. The molecule has 86 valence electrons. The van der Waals surface area contributed by atoms with E-state index in [1.807, 2.05) is 0 Å². The summed E-state index contributed by atoms with van der Waals surface area (Å²) in [6.45, 7) is 0.0775. The molecule has 0 spiro atoms. The van der Waals surface area contributed by atoms with Gasteiger partial charge in [0.1, 0.15) is 5.82 Å². The lowest BCUT2D eigenvalue weighted by Crippen LogP contribution is -2.66. The van der Waals surface area contributed by atoms with Gasteiger partial charge in [0.15, 0.2) is 11.6 Å². The van der Waals surface area contributed by atoms with Crippen molar-refractivity contribution in [2.24, 2.45) is 5.41 Å². The summed E-state index contributed by atoms with van der Waals surface area (Å²) in [4.78, 5) is 0. The van der Waals surface area contributed by atoms with Gasteiger partial charge in [0.05, 0.1) is 0 Å². The van der Waals surface area contributed by atoms with Gasteiger partial charge in [-0.05, 0) is 30.7 Å². The van der Waals surface area contributed by atoms with E-state index in [2.05, 4.69) is 0 Å². The first kappa shape index (κ1) is 10.1. The van der Waals surface area contributed by atoms with E-state index in [0.29, 0.717) is 25.3 Å². The molecule has 0 aliphatic heterocycles. The number of hydrogen-bond donors (Lipinski definition) is 1. The second kappa shape index (κ2) is 2.80. The Morgan fingerprint density at radius 1 is 1.12 bits per heavy atom. The van der Waals surface area contributed by atoms with E-state index in [4.69, 9.17) is 5.11 Å². The van der Waals surface area contributed by atoms with Crippen LogP contribution >= 0.6 is 0 Å². The largest absolute Gasteiger partial charge is 0.396 e. The number of benzene rings is 1. The first-order valence-corrected chi connectivity index (χ1v) is 5.26. The molecular formula is C12H11F3O. The lowest BCUT2D eigenvalue weighted by atomic mass is 9.34. The molecule has 3 saturated carbocycles. The molecule has 1 N–H and O–H groups in total. The molecule has 4 heteroatoms. The lowest BCUT2D eigenvalue weighted by Gasteiger charge is -2.70. The van der Waals surface area contributed by atoms with Crippen molar-refractivity contribution in [3.05, 3.63) is 35.1 Å². The van der Waals surface area contributed by atoms with Gasteiger partial charge in [-0.1, -0.05) is 0 Å². The molecule has 3 fully saturated rings. The molecule has 0 aromatic heterocycles. The molecule has 3 aliphatic carbocycles. The topological polar surface area (TPSA) is 20.2 Å². The quantitative estimate of drug-likeness (QED) is 0.771. The van der Waals surface area contributed by atoms with Crippen LogP contribution in [0.2, 0.25) is 0 Å². The Labute approximate surface area is 90.9 Å². The highest BCUT2D eigenvalue weighted by Crippen LogP contribution is 2.73. The number of aliphatic hydroxyl groups is 1. The van der Waals surface area contributed by atoms with Crippen LogP contribution < -0.4 is 0 Å². The summed E-state index contributed by atoms with van der Waals surface area (Å²) in [6, 6.07) is 1.64. The van der Waals surface area contributed by atoms with Crippen LogP contribution in [-0.2, 0) is 5.41 Å². The smallest absolute Gasteiger partial charge is 0.162 e. The zero-order valence-corrected chi connectivity index (χ0v) is 8.56. The minimum absolute atomic E-state index is 0.0775. The van der Waals surface area contributed by atoms with Crippen molar-refractivity contribution in [1.29, 1.82) is 0 Å². The van der Waals surface area contributed by atoms with E-state index < -0.39 is 22.9 Å². The maximum Gasteiger partial charge on any atom is 0.162 e. The highest BCUT2D eigenvalue weighted by Gasteiger charge is 2.68. The normalized spacial score (nSPS) is 35.5. The Balaban J connectivity index is 1.98. The Hall–Kier alpha value is -1.03. The summed E-state index contributed by atoms with van der Waals surface area (Å²) in [5.74, 6) is -2.80. The average Bonchev–Trinajstić information content (AvgIpc) is 2.09. The van der Waals surface area contributed by atoms with Crippen molar-refractivity contribution < 1.29 is 18.3 Å². The van der Waals surface area contributed by atoms with Crippen molar-refractivity contribution in [1.82, 2.24) is 0 Å². The minimum atomic E-state index is -1.13. The third-order valence-corrected chi connectivity index (χ3v) is 4.04. The summed E-state index contributed by atoms with van der Waals surface area (Å²) in [6.07, 6.45) is 1.91. The van der Waals surface area contributed by atoms with Crippen LogP contribution in [0, 0.1) is 22.9 Å². The Morgan fingerprint density at radius 2 is 1.75 bits per heavy atom.